The van der Waals surface area contributed by atoms with Gasteiger partial charge in [0.05, 0.1) is 0 Å². The number of aromatic hydroxyl groups is 1. The summed E-state index contributed by atoms with van der Waals surface area (Å²) in [5, 5.41) is 15.2. The van der Waals surface area contributed by atoms with Gasteiger partial charge in [-0.2, -0.15) is 0 Å². The zero-order valence-corrected chi connectivity index (χ0v) is 9.29. The van der Waals surface area contributed by atoms with Gasteiger partial charge < -0.3 is 15.7 Å². The molecule has 1 aliphatic heterocycles. The average molecular weight is 220 g/mol. The van der Waals surface area contributed by atoms with E-state index in [0.29, 0.717) is 12.3 Å². The second-order valence-electron chi connectivity index (χ2n) is 4.28. The van der Waals surface area contributed by atoms with Gasteiger partial charge in [0, 0.05) is 12.1 Å². The first kappa shape index (κ1) is 11.0. The number of amides is 1. The van der Waals surface area contributed by atoms with Crippen LogP contribution in [0.3, 0.4) is 0 Å². The Kier molecular flexibility index (Phi) is 3.10. The van der Waals surface area contributed by atoms with Gasteiger partial charge in [-0.05, 0) is 49.7 Å². The third-order valence-corrected chi connectivity index (χ3v) is 2.82. The molecule has 0 bridgehead atoms. The van der Waals surface area contributed by atoms with Crippen molar-refractivity contribution in [3.8, 4) is 5.75 Å². The molecule has 16 heavy (non-hydrogen) atoms. The molecule has 2 rings (SSSR count). The van der Waals surface area contributed by atoms with Crippen LogP contribution in [0.4, 0.5) is 5.69 Å². The van der Waals surface area contributed by atoms with Gasteiger partial charge in [0.25, 0.3) is 0 Å². The van der Waals surface area contributed by atoms with Crippen LogP contribution in [-0.4, -0.2) is 24.1 Å². The minimum absolute atomic E-state index is 0.0419. The quantitative estimate of drug-likeness (QED) is 0.672. The number of rotatable bonds is 3. The summed E-state index contributed by atoms with van der Waals surface area (Å²) in [5.41, 5.74) is 1.65. The Morgan fingerprint density at radius 3 is 2.88 bits per heavy atom. The molecule has 3 N–H and O–H groups in total. The molecule has 1 fully saturated rings. The molecule has 1 saturated heterocycles. The van der Waals surface area contributed by atoms with Crippen molar-refractivity contribution in [1.82, 2.24) is 5.32 Å². The number of hydrogen-bond acceptors (Lipinski definition) is 3. The maximum Gasteiger partial charge on any atom is 0.224 e. The lowest BCUT2D eigenvalue weighted by atomic mass is 9.99. The van der Waals surface area contributed by atoms with Crippen molar-refractivity contribution < 1.29 is 9.90 Å². The Hall–Kier alpha value is -1.55. The summed E-state index contributed by atoms with van der Waals surface area (Å²) in [6.07, 6.45) is 0.563. The summed E-state index contributed by atoms with van der Waals surface area (Å²) in [6.45, 7) is 3.73. The van der Waals surface area contributed by atoms with Crippen LogP contribution in [0.15, 0.2) is 18.2 Å². The lowest BCUT2D eigenvalue weighted by Gasteiger charge is -2.26. The zero-order chi connectivity index (χ0) is 11.5. The molecule has 1 amide bonds. The van der Waals surface area contributed by atoms with Crippen LogP contribution in [0.2, 0.25) is 0 Å². The Balaban J connectivity index is 1.94. The molecule has 0 spiro atoms. The molecule has 0 atom stereocenters. The monoisotopic (exact) mass is 220 g/mol. The second kappa shape index (κ2) is 4.53. The molecular formula is C12H16N2O2. The number of carbonyl (C=O) groups is 1. The van der Waals surface area contributed by atoms with Crippen LogP contribution in [0.5, 0.6) is 5.75 Å². The molecule has 0 aromatic heterocycles. The molecule has 4 nitrogen and oxygen atoms in total. The Morgan fingerprint density at radius 2 is 2.31 bits per heavy atom. The highest BCUT2D eigenvalue weighted by molar-refractivity contribution is 5.91. The minimum atomic E-state index is 0.0419. The third kappa shape index (κ3) is 2.52. The number of phenols is 1. The highest BCUT2D eigenvalue weighted by atomic mass is 16.3. The van der Waals surface area contributed by atoms with E-state index in [-0.39, 0.29) is 11.7 Å². The summed E-state index contributed by atoms with van der Waals surface area (Å²) in [4.78, 5) is 11.7. The van der Waals surface area contributed by atoms with Gasteiger partial charge in [-0.3, -0.25) is 4.79 Å². The molecule has 1 aliphatic rings. The maximum absolute atomic E-state index is 11.7. The van der Waals surface area contributed by atoms with E-state index in [0.717, 1.165) is 24.3 Å². The van der Waals surface area contributed by atoms with E-state index in [9.17, 15) is 9.90 Å². The third-order valence-electron chi connectivity index (χ3n) is 2.82. The van der Waals surface area contributed by atoms with E-state index in [1.807, 2.05) is 6.92 Å². The first-order valence-corrected chi connectivity index (χ1v) is 5.45. The van der Waals surface area contributed by atoms with Crippen LogP contribution < -0.4 is 10.6 Å². The van der Waals surface area contributed by atoms with E-state index in [1.54, 1.807) is 18.2 Å². The van der Waals surface area contributed by atoms with Gasteiger partial charge in [0.2, 0.25) is 5.91 Å². The number of phenolic OH excluding ortho intramolecular Hbond substituents is 1. The zero-order valence-electron chi connectivity index (χ0n) is 9.29. The van der Waals surface area contributed by atoms with Gasteiger partial charge in [-0.15, -0.1) is 0 Å². The topological polar surface area (TPSA) is 61.4 Å². The van der Waals surface area contributed by atoms with E-state index in [1.165, 1.54) is 0 Å². The normalized spacial score (nSPS) is 15.6. The van der Waals surface area contributed by atoms with Gasteiger partial charge in [-0.25, -0.2) is 0 Å². The van der Waals surface area contributed by atoms with E-state index < -0.39 is 0 Å². The van der Waals surface area contributed by atoms with Crippen LogP contribution in [0.1, 0.15) is 12.0 Å². The molecule has 0 radical (unpaired) electrons. The molecular weight excluding hydrogens is 204 g/mol. The molecule has 1 heterocycles. The fraction of sp³-hybridized carbons (Fsp3) is 0.417. The standard InChI is InChI=1S/C12H16N2O2/c1-8-4-10(15)2-3-11(8)14-12(16)5-9-6-13-7-9/h2-4,9,13,15H,5-7H2,1H3,(H,14,16). The van der Waals surface area contributed by atoms with Gasteiger partial charge in [-0.1, -0.05) is 0 Å². The van der Waals surface area contributed by atoms with Crippen molar-refractivity contribution in [2.45, 2.75) is 13.3 Å². The molecule has 0 unspecified atom stereocenters. The number of anilines is 1. The number of nitrogens with one attached hydrogen (secondary N) is 2. The predicted octanol–water partition coefficient (Wildman–Crippen LogP) is 1.25. The van der Waals surface area contributed by atoms with Crippen molar-refractivity contribution in [3.63, 3.8) is 0 Å². The van der Waals surface area contributed by atoms with Crippen molar-refractivity contribution >= 4 is 11.6 Å². The van der Waals surface area contributed by atoms with Gasteiger partial charge in [0.1, 0.15) is 5.75 Å². The lowest BCUT2D eigenvalue weighted by molar-refractivity contribution is -0.117. The Morgan fingerprint density at radius 1 is 1.56 bits per heavy atom. The molecule has 1 aromatic carbocycles. The Labute approximate surface area is 94.7 Å². The van der Waals surface area contributed by atoms with Crippen LogP contribution in [0.25, 0.3) is 0 Å². The summed E-state index contributed by atoms with van der Waals surface area (Å²) in [7, 11) is 0. The van der Waals surface area contributed by atoms with Gasteiger partial charge >= 0.3 is 0 Å². The first-order chi connectivity index (χ1) is 7.65. The van der Waals surface area contributed by atoms with Crippen molar-refractivity contribution in [3.05, 3.63) is 23.8 Å². The van der Waals surface area contributed by atoms with Crippen molar-refractivity contribution in [2.75, 3.05) is 18.4 Å². The summed E-state index contributed by atoms with van der Waals surface area (Å²) >= 11 is 0. The number of hydrogen-bond donors (Lipinski definition) is 3. The molecule has 0 saturated carbocycles. The van der Waals surface area contributed by atoms with Crippen LogP contribution in [0, 0.1) is 12.8 Å². The van der Waals surface area contributed by atoms with Crippen molar-refractivity contribution in [1.29, 1.82) is 0 Å². The number of benzene rings is 1. The largest absolute Gasteiger partial charge is 0.508 e. The average Bonchev–Trinajstić information content (AvgIpc) is 2.16. The fourth-order valence-electron chi connectivity index (χ4n) is 1.74. The molecule has 1 aromatic rings. The highest BCUT2D eigenvalue weighted by Crippen LogP contribution is 2.20. The highest BCUT2D eigenvalue weighted by Gasteiger charge is 2.20. The fourth-order valence-corrected chi connectivity index (χ4v) is 1.74. The van der Waals surface area contributed by atoms with Crippen LogP contribution in [-0.2, 0) is 4.79 Å². The minimum Gasteiger partial charge on any atom is -0.508 e. The molecule has 4 heteroatoms. The predicted molar refractivity (Wildman–Crippen MR) is 62.5 cm³/mol. The summed E-state index contributed by atoms with van der Waals surface area (Å²) in [6, 6.07) is 4.94. The smallest absolute Gasteiger partial charge is 0.224 e. The number of aryl methyl sites for hydroxylation is 1. The molecule has 0 aliphatic carbocycles. The number of carbonyl (C=O) groups excluding carboxylic acids is 1. The lowest BCUT2D eigenvalue weighted by Crippen LogP contribution is -2.43. The second-order valence-corrected chi connectivity index (χ2v) is 4.28. The van der Waals surface area contributed by atoms with E-state index >= 15 is 0 Å². The van der Waals surface area contributed by atoms with Crippen molar-refractivity contribution in [2.24, 2.45) is 5.92 Å². The molecule has 86 valence electrons. The Bertz CT molecular complexity index is 400. The first-order valence-electron chi connectivity index (χ1n) is 5.45. The SMILES string of the molecule is Cc1cc(O)ccc1NC(=O)CC1CNC1. The summed E-state index contributed by atoms with van der Waals surface area (Å²) < 4.78 is 0. The van der Waals surface area contributed by atoms with E-state index in [2.05, 4.69) is 10.6 Å². The summed E-state index contributed by atoms with van der Waals surface area (Å²) in [5.74, 6) is 0.733. The van der Waals surface area contributed by atoms with E-state index in [4.69, 9.17) is 0 Å². The van der Waals surface area contributed by atoms with Crippen LogP contribution >= 0.6 is 0 Å². The van der Waals surface area contributed by atoms with Gasteiger partial charge in [0.15, 0.2) is 0 Å². The maximum atomic E-state index is 11.7.